The SMILES string of the molecule is COc1ccc(OC[C@@H](C)NC(=S)Nc2ccc(CSc3ccccc3)cc2)cc1. The number of hydrogen-bond donors (Lipinski definition) is 2. The highest BCUT2D eigenvalue weighted by Gasteiger charge is 2.06. The monoisotopic (exact) mass is 438 g/mol. The fraction of sp³-hybridized carbons (Fsp3) is 0.208. The molecule has 0 unspecified atom stereocenters. The van der Waals surface area contributed by atoms with Gasteiger partial charge in [0.15, 0.2) is 5.11 Å². The summed E-state index contributed by atoms with van der Waals surface area (Å²) in [5, 5.41) is 7.05. The summed E-state index contributed by atoms with van der Waals surface area (Å²) in [5.74, 6) is 2.54. The Bertz CT molecular complexity index is 916. The molecule has 3 rings (SSSR count). The van der Waals surface area contributed by atoms with Gasteiger partial charge in [-0.25, -0.2) is 0 Å². The van der Waals surface area contributed by atoms with Gasteiger partial charge < -0.3 is 20.1 Å². The third kappa shape index (κ3) is 7.28. The topological polar surface area (TPSA) is 42.5 Å². The molecule has 0 aromatic heterocycles. The van der Waals surface area contributed by atoms with Crippen LogP contribution in [-0.2, 0) is 5.75 Å². The van der Waals surface area contributed by atoms with Gasteiger partial charge in [0.05, 0.1) is 13.2 Å². The van der Waals surface area contributed by atoms with Gasteiger partial charge in [-0.3, -0.25) is 0 Å². The van der Waals surface area contributed by atoms with Crippen molar-refractivity contribution < 1.29 is 9.47 Å². The van der Waals surface area contributed by atoms with Crippen LogP contribution >= 0.6 is 24.0 Å². The molecule has 0 heterocycles. The van der Waals surface area contributed by atoms with Gasteiger partial charge in [-0.1, -0.05) is 30.3 Å². The van der Waals surface area contributed by atoms with Crippen molar-refractivity contribution in [3.8, 4) is 11.5 Å². The van der Waals surface area contributed by atoms with E-state index in [1.807, 2.05) is 61.2 Å². The van der Waals surface area contributed by atoms with Crippen molar-refractivity contribution >= 4 is 34.8 Å². The fourth-order valence-electron chi connectivity index (χ4n) is 2.69. The number of benzene rings is 3. The maximum Gasteiger partial charge on any atom is 0.171 e. The van der Waals surface area contributed by atoms with E-state index in [0.717, 1.165) is 22.9 Å². The highest BCUT2D eigenvalue weighted by Crippen LogP contribution is 2.23. The summed E-state index contributed by atoms with van der Waals surface area (Å²) >= 11 is 7.25. The normalized spacial score (nSPS) is 11.4. The number of anilines is 1. The first-order valence-electron chi connectivity index (χ1n) is 9.73. The first kappa shape index (κ1) is 22.0. The van der Waals surface area contributed by atoms with Gasteiger partial charge in [-0.15, -0.1) is 11.8 Å². The van der Waals surface area contributed by atoms with Crippen molar-refractivity contribution in [1.29, 1.82) is 0 Å². The van der Waals surface area contributed by atoms with Crippen molar-refractivity contribution in [2.75, 3.05) is 19.0 Å². The lowest BCUT2D eigenvalue weighted by Crippen LogP contribution is -2.39. The van der Waals surface area contributed by atoms with Gasteiger partial charge in [-0.2, -0.15) is 0 Å². The molecule has 2 N–H and O–H groups in total. The third-order valence-corrected chi connectivity index (χ3v) is 5.60. The first-order chi connectivity index (χ1) is 14.6. The van der Waals surface area contributed by atoms with Crippen molar-refractivity contribution in [2.45, 2.75) is 23.6 Å². The third-order valence-electron chi connectivity index (χ3n) is 4.30. The zero-order chi connectivity index (χ0) is 21.2. The van der Waals surface area contributed by atoms with Crippen LogP contribution in [0.15, 0.2) is 83.8 Å². The highest BCUT2D eigenvalue weighted by atomic mass is 32.2. The summed E-state index contributed by atoms with van der Waals surface area (Å²) in [7, 11) is 1.65. The Balaban J connectivity index is 1.40. The number of thiocarbonyl (C=S) groups is 1. The predicted octanol–water partition coefficient (Wildman–Crippen LogP) is 5.74. The van der Waals surface area contributed by atoms with Crippen molar-refractivity contribution in [3.05, 3.63) is 84.4 Å². The second-order valence-corrected chi connectivity index (χ2v) is 8.24. The molecular weight excluding hydrogens is 412 g/mol. The molecule has 0 aliphatic heterocycles. The van der Waals surface area contributed by atoms with Crippen LogP contribution in [0, 0.1) is 0 Å². The zero-order valence-corrected chi connectivity index (χ0v) is 18.8. The summed E-state index contributed by atoms with van der Waals surface area (Å²) < 4.78 is 10.9. The van der Waals surface area contributed by atoms with Gasteiger partial charge in [-0.05, 0) is 73.2 Å². The molecular formula is C24H26N2O2S2. The average molecular weight is 439 g/mol. The van der Waals surface area contributed by atoms with Crippen LogP contribution in [0.2, 0.25) is 0 Å². The molecule has 0 fully saturated rings. The fourth-order valence-corrected chi connectivity index (χ4v) is 3.89. The summed E-state index contributed by atoms with van der Waals surface area (Å²) in [6.07, 6.45) is 0. The zero-order valence-electron chi connectivity index (χ0n) is 17.1. The minimum absolute atomic E-state index is 0.0636. The van der Waals surface area contributed by atoms with Gasteiger partial charge in [0.1, 0.15) is 18.1 Å². The van der Waals surface area contributed by atoms with E-state index in [4.69, 9.17) is 21.7 Å². The Hall–Kier alpha value is -2.70. The molecule has 3 aromatic carbocycles. The Morgan fingerprint density at radius 1 is 0.933 bits per heavy atom. The number of thioether (sulfide) groups is 1. The molecule has 30 heavy (non-hydrogen) atoms. The summed E-state index contributed by atoms with van der Waals surface area (Å²) in [6.45, 7) is 2.53. The number of ether oxygens (including phenoxy) is 2. The summed E-state index contributed by atoms with van der Waals surface area (Å²) in [5.41, 5.74) is 2.23. The van der Waals surface area contributed by atoms with E-state index in [2.05, 4.69) is 47.0 Å². The van der Waals surface area contributed by atoms with Crippen molar-refractivity contribution in [1.82, 2.24) is 5.32 Å². The second-order valence-electron chi connectivity index (χ2n) is 6.78. The Morgan fingerprint density at radius 2 is 1.60 bits per heavy atom. The van der Waals surface area contributed by atoms with Crippen molar-refractivity contribution in [3.63, 3.8) is 0 Å². The van der Waals surface area contributed by atoms with E-state index in [9.17, 15) is 0 Å². The molecule has 0 saturated heterocycles. The minimum Gasteiger partial charge on any atom is -0.497 e. The molecule has 0 aliphatic carbocycles. The van der Waals surface area contributed by atoms with Gasteiger partial charge in [0.25, 0.3) is 0 Å². The number of nitrogens with one attached hydrogen (secondary N) is 2. The Morgan fingerprint density at radius 3 is 2.27 bits per heavy atom. The quantitative estimate of drug-likeness (QED) is 0.328. The summed E-state index contributed by atoms with van der Waals surface area (Å²) in [6, 6.07) is 26.4. The van der Waals surface area contributed by atoms with E-state index in [0.29, 0.717) is 11.7 Å². The number of hydrogen-bond acceptors (Lipinski definition) is 4. The molecule has 156 valence electrons. The van der Waals surface area contributed by atoms with Crippen LogP contribution in [0.4, 0.5) is 5.69 Å². The highest BCUT2D eigenvalue weighted by molar-refractivity contribution is 7.98. The lowest BCUT2D eigenvalue weighted by Gasteiger charge is -2.18. The molecule has 0 bridgehead atoms. The van der Waals surface area contributed by atoms with E-state index in [-0.39, 0.29) is 6.04 Å². The molecule has 0 saturated carbocycles. The van der Waals surface area contributed by atoms with Crippen LogP contribution in [0.1, 0.15) is 12.5 Å². The van der Waals surface area contributed by atoms with Gasteiger partial charge >= 0.3 is 0 Å². The second kappa shape index (κ2) is 11.5. The molecule has 6 heteroatoms. The first-order valence-corrected chi connectivity index (χ1v) is 11.1. The number of methoxy groups -OCH3 is 1. The molecule has 3 aromatic rings. The van der Waals surface area contributed by atoms with Crippen LogP contribution in [0.3, 0.4) is 0 Å². The van der Waals surface area contributed by atoms with E-state index < -0.39 is 0 Å². The van der Waals surface area contributed by atoms with E-state index >= 15 is 0 Å². The Kier molecular flexibility index (Phi) is 8.41. The Labute approximate surface area is 188 Å². The number of rotatable bonds is 9. The van der Waals surface area contributed by atoms with E-state index in [1.54, 1.807) is 7.11 Å². The lowest BCUT2D eigenvalue weighted by atomic mass is 10.2. The molecule has 0 aliphatic rings. The smallest absolute Gasteiger partial charge is 0.171 e. The van der Waals surface area contributed by atoms with Crippen molar-refractivity contribution in [2.24, 2.45) is 0 Å². The molecule has 0 radical (unpaired) electrons. The molecule has 4 nitrogen and oxygen atoms in total. The molecule has 1 atom stereocenters. The van der Waals surface area contributed by atoms with E-state index in [1.165, 1.54) is 10.5 Å². The molecule has 0 spiro atoms. The minimum atomic E-state index is 0.0636. The maximum atomic E-state index is 5.79. The van der Waals surface area contributed by atoms with Crippen LogP contribution in [0.5, 0.6) is 11.5 Å². The standard InChI is InChI=1S/C24H26N2O2S2/c1-18(16-28-22-14-12-21(27-2)13-15-22)25-24(29)26-20-10-8-19(9-11-20)17-30-23-6-4-3-5-7-23/h3-15,18H,16-17H2,1-2H3,(H2,25,26,29)/t18-/m1/s1. The average Bonchev–Trinajstić information content (AvgIpc) is 2.78. The van der Waals surface area contributed by atoms with Gasteiger partial charge in [0, 0.05) is 16.3 Å². The lowest BCUT2D eigenvalue weighted by molar-refractivity contribution is 0.286. The largest absolute Gasteiger partial charge is 0.497 e. The molecule has 0 amide bonds. The van der Waals surface area contributed by atoms with Crippen LogP contribution < -0.4 is 20.1 Å². The van der Waals surface area contributed by atoms with Crippen LogP contribution in [0.25, 0.3) is 0 Å². The summed E-state index contributed by atoms with van der Waals surface area (Å²) in [4.78, 5) is 1.27. The van der Waals surface area contributed by atoms with Crippen LogP contribution in [-0.4, -0.2) is 24.9 Å². The predicted molar refractivity (Wildman–Crippen MR) is 130 cm³/mol. The van der Waals surface area contributed by atoms with Gasteiger partial charge in [0.2, 0.25) is 0 Å². The maximum absolute atomic E-state index is 5.79.